The van der Waals surface area contributed by atoms with Gasteiger partial charge in [0.15, 0.2) is 0 Å². The van der Waals surface area contributed by atoms with Gasteiger partial charge in [-0.1, -0.05) is 0 Å². The third kappa shape index (κ3) is 6.73. The molecule has 0 unspecified atom stereocenters. The summed E-state index contributed by atoms with van der Waals surface area (Å²) >= 11 is 0. The highest BCUT2D eigenvalue weighted by Crippen LogP contribution is 2.39. The van der Waals surface area contributed by atoms with Crippen LogP contribution in [0.1, 0.15) is 23.2 Å². The van der Waals surface area contributed by atoms with E-state index in [9.17, 15) is 27.1 Å². The number of benzene rings is 3. The van der Waals surface area contributed by atoms with E-state index >= 15 is 4.39 Å². The molecule has 1 saturated carbocycles. The number of ether oxygens (including phenoxy) is 3. The van der Waals surface area contributed by atoms with Crippen LogP contribution in [0.4, 0.5) is 24.5 Å². The molecular formula is C31H24F3N5O7S. The van der Waals surface area contributed by atoms with Crippen LogP contribution in [0, 0.1) is 17.5 Å². The third-order valence-electron chi connectivity index (χ3n) is 6.99. The molecule has 1 aliphatic carbocycles. The number of methoxy groups -OCH3 is 2. The Hall–Kier alpha value is -5.48. The fourth-order valence-electron chi connectivity index (χ4n) is 4.75. The molecule has 0 saturated heterocycles. The van der Waals surface area contributed by atoms with Gasteiger partial charge < -0.3 is 24.6 Å². The monoisotopic (exact) mass is 667 g/mol. The molecule has 0 bridgehead atoms. The van der Waals surface area contributed by atoms with E-state index in [0.717, 1.165) is 36.5 Å². The van der Waals surface area contributed by atoms with Gasteiger partial charge in [-0.2, -0.15) is 4.98 Å². The first-order chi connectivity index (χ1) is 22.4. The van der Waals surface area contributed by atoms with Crippen LogP contribution in [0.5, 0.6) is 23.4 Å². The molecule has 16 heteroatoms. The average molecular weight is 668 g/mol. The van der Waals surface area contributed by atoms with E-state index < -0.39 is 38.3 Å². The summed E-state index contributed by atoms with van der Waals surface area (Å²) in [6.07, 6.45) is 3.66. The van der Waals surface area contributed by atoms with Crippen molar-refractivity contribution < 1.29 is 45.7 Å². The molecule has 47 heavy (non-hydrogen) atoms. The Morgan fingerprint density at radius 3 is 2.30 bits per heavy atom. The molecule has 242 valence electrons. The van der Waals surface area contributed by atoms with Crippen molar-refractivity contribution in [1.29, 1.82) is 0 Å². The number of hydrogen-bond acceptors (Lipinski definition) is 10. The Balaban J connectivity index is 1.50. The van der Waals surface area contributed by atoms with Crippen LogP contribution in [-0.4, -0.2) is 54.7 Å². The molecule has 12 nitrogen and oxygen atoms in total. The van der Waals surface area contributed by atoms with Gasteiger partial charge in [0.2, 0.25) is 15.9 Å². The SMILES string of the molecule is COc1ncc(-c2cc(F)c3c(Nc4cc(Oc5cc(F)cc(F)c5)cc(C(=O)O)c4)c(S(=O)(=O)NC4CC4)cnc3c2)c(OC)n1. The van der Waals surface area contributed by atoms with Gasteiger partial charge in [-0.15, -0.1) is 0 Å². The summed E-state index contributed by atoms with van der Waals surface area (Å²) in [4.78, 5) is 24.0. The van der Waals surface area contributed by atoms with E-state index in [-0.39, 0.29) is 62.8 Å². The number of sulfonamides is 1. The maximum absolute atomic E-state index is 16.2. The summed E-state index contributed by atoms with van der Waals surface area (Å²) in [6, 6.07) is 8.25. The molecule has 0 amide bonds. The van der Waals surface area contributed by atoms with E-state index in [4.69, 9.17) is 14.2 Å². The lowest BCUT2D eigenvalue weighted by Gasteiger charge is -2.18. The van der Waals surface area contributed by atoms with Crippen LogP contribution in [0.15, 0.2) is 65.8 Å². The van der Waals surface area contributed by atoms with Gasteiger partial charge in [-0.05, 0) is 42.7 Å². The number of aromatic carboxylic acids is 1. The van der Waals surface area contributed by atoms with Crippen LogP contribution in [-0.2, 0) is 10.0 Å². The van der Waals surface area contributed by atoms with E-state index in [1.807, 2.05) is 0 Å². The quantitative estimate of drug-likeness (QED) is 0.156. The number of nitrogens with zero attached hydrogens (tertiary/aromatic N) is 3. The highest BCUT2D eigenvalue weighted by molar-refractivity contribution is 7.89. The second-order valence-electron chi connectivity index (χ2n) is 10.4. The minimum absolute atomic E-state index is 0.0176. The predicted octanol–water partition coefficient (Wildman–Crippen LogP) is 5.80. The van der Waals surface area contributed by atoms with E-state index in [1.54, 1.807) is 0 Å². The standard InChI is InChI=1S/C31H24F3N5O7S/c1-44-29-23(13-36-31(38-29)45-2)15-7-24(34)27-25(8-15)35-14-26(47(42,43)39-19-3-4-19)28(27)37-20-5-16(30(40)41)6-21(12-20)46-22-10-17(32)9-18(33)11-22/h5-14,19,39H,3-4H2,1-2H3,(H,35,37)(H,40,41). The van der Waals surface area contributed by atoms with Crippen LogP contribution in [0.3, 0.4) is 0 Å². The Labute approximate surface area is 265 Å². The maximum atomic E-state index is 16.2. The molecule has 6 rings (SSSR count). The van der Waals surface area contributed by atoms with Crippen LogP contribution in [0.2, 0.25) is 0 Å². The largest absolute Gasteiger partial charge is 0.480 e. The van der Waals surface area contributed by atoms with Crippen molar-refractivity contribution in [3.05, 3.63) is 83.9 Å². The number of hydrogen-bond donors (Lipinski definition) is 3. The molecular weight excluding hydrogens is 643 g/mol. The molecule has 3 aromatic carbocycles. The highest BCUT2D eigenvalue weighted by Gasteiger charge is 2.31. The Bertz CT molecular complexity index is 2140. The summed E-state index contributed by atoms with van der Waals surface area (Å²) < 4.78 is 89.2. The molecule has 1 aliphatic rings. The number of aromatic nitrogens is 3. The summed E-state index contributed by atoms with van der Waals surface area (Å²) in [5.41, 5.74) is -0.0500. The first kappa shape index (κ1) is 31.5. The van der Waals surface area contributed by atoms with Crippen molar-refractivity contribution in [2.75, 3.05) is 19.5 Å². The molecule has 2 aromatic heterocycles. The smallest absolute Gasteiger partial charge is 0.335 e. The summed E-state index contributed by atoms with van der Waals surface area (Å²) in [7, 11) is -1.53. The lowest BCUT2D eigenvalue weighted by atomic mass is 10.0. The number of anilines is 2. The number of carboxylic acid groups (broad SMARTS) is 1. The fraction of sp³-hybridized carbons (Fsp3) is 0.161. The number of carbonyl (C=O) groups is 1. The van der Waals surface area contributed by atoms with Gasteiger partial charge in [0.1, 0.15) is 33.8 Å². The van der Waals surface area contributed by atoms with Crippen LogP contribution < -0.4 is 24.2 Å². The average Bonchev–Trinajstić information content (AvgIpc) is 3.83. The van der Waals surface area contributed by atoms with Crippen molar-refractivity contribution in [1.82, 2.24) is 19.7 Å². The topological polar surface area (TPSA) is 162 Å². The van der Waals surface area contributed by atoms with Gasteiger partial charge in [-0.25, -0.2) is 36.1 Å². The molecule has 0 aliphatic heterocycles. The molecule has 0 radical (unpaired) electrons. The summed E-state index contributed by atoms with van der Waals surface area (Å²) in [5, 5.41) is 12.4. The van der Waals surface area contributed by atoms with Crippen molar-refractivity contribution >= 4 is 38.3 Å². The van der Waals surface area contributed by atoms with Gasteiger partial charge in [-0.3, -0.25) is 4.98 Å². The van der Waals surface area contributed by atoms with Crippen LogP contribution >= 0.6 is 0 Å². The van der Waals surface area contributed by atoms with Gasteiger partial charge >= 0.3 is 12.0 Å². The number of fused-ring (bicyclic) bond motifs is 1. The summed E-state index contributed by atoms with van der Waals surface area (Å²) in [6.45, 7) is 0. The van der Waals surface area contributed by atoms with Crippen molar-refractivity contribution in [3.63, 3.8) is 0 Å². The van der Waals surface area contributed by atoms with Crippen molar-refractivity contribution in [2.45, 2.75) is 23.8 Å². The number of nitrogens with one attached hydrogen (secondary N) is 2. The zero-order valence-corrected chi connectivity index (χ0v) is 25.4. The molecule has 3 N–H and O–H groups in total. The Morgan fingerprint density at radius 1 is 0.915 bits per heavy atom. The van der Waals surface area contributed by atoms with E-state index in [0.29, 0.717) is 24.5 Å². The first-order valence-corrected chi connectivity index (χ1v) is 15.3. The third-order valence-corrected chi connectivity index (χ3v) is 8.52. The van der Waals surface area contributed by atoms with Crippen molar-refractivity contribution in [2.24, 2.45) is 0 Å². The number of rotatable bonds is 11. The highest BCUT2D eigenvalue weighted by atomic mass is 32.2. The van der Waals surface area contributed by atoms with Crippen molar-refractivity contribution in [3.8, 4) is 34.5 Å². The lowest BCUT2D eigenvalue weighted by Crippen LogP contribution is -2.26. The fourth-order valence-corrected chi connectivity index (χ4v) is 6.16. The minimum Gasteiger partial charge on any atom is -0.480 e. The molecule has 5 aromatic rings. The number of carboxylic acids is 1. The summed E-state index contributed by atoms with van der Waals surface area (Å²) in [5.74, 6) is -4.49. The molecule has 0 spiro atoms. The lowest BCUT2D eigenvalue weighted by molar-refractivity contribution is 0.0696. The van der Waals surface area contributed by atoms with Gasteiger partial charge in [0.25, 0.3) is 0 Å². The van der Waals surface area contributed by atoms with E-state index in [2.05, 4.69) is 25.0 Å². The second kappa shape index (κ2) is 12.4. The number of pyridine rings is 1. The van der Waals surface area contributed by atoms with E-state index in [1.165, 1.54) is 32.5 Å². The zero-order valence-electron chi connectivity index (χ0n) is 24.5. The second-order valence-corrected chi connectivity index (χ2v) is 12.1. The molecule has 2 heterocycles. The van der Waals surface area contributed by atoms with Gasteiger partial charge in [0, 0.05) is 48.4 Å². The Morgan fingerprint density at radius 2 is 1.64 bits per heavy atom. The Kier molecular flexibility index (Phi) is 8.29. The maximum Gasteiger partial charge on any atom is 0.335 e. The minimum atomic E-state index is -4.26. The number of halogens is 3. The van der Waals surface area contributed by atoms with Gasteiger partial charge in [0.05, 0.1) is 41.9 Å². The van der Waals surface area contributed by atoms with Crippen LogP contribution in [0.25, 0.3) is 22.0 Å². The zero-order chi connectivity index (χ0) is 33.5. The first-order valence-electron chi connectivity index (χ1n) is 13.8. The predicted molar refractivity (Wildman–Crippen MR) is 162 cm³/mol. The molecule has 0 atom stereocenters. The molecule has 1 fully saturated rings. The normalized spacial score (nSPS) is 13.0.